The van der Waals surface area contributed by atoms with Crippen LogP contribution in [-0.4, -0.2) is 24.5 Å². The lowest BCUT2D eigenvalue weighted by Gasteiger charge is -2.30. The molecule has 0 aromatic rings. The molecule has 0 aromatic carbocycles. The van der Waals surface area contributed by atoms with Crippen LogP contribution in [0.4, 0.5) is 0 Å². The molecule has 0 spiro atoms. The Morgan fingerprint density at radius 2 is 1.71 bits per heavy atom. The largest absolute Gasteiger partial charge is 0.299 e. The minimum Gasteiger partial charge on any atom is -0.299 e. The van der Waals surface area contributed by atoms with Crippen molar-refractivity contribution in [3.63, 3.8) is 0 Å². The molecule has 0 unspecified atom stereocenters. The Kier molecular flexibility index (Phi) is 14.4. The van der Waals surface area contributed by atoms with Crippen molar-refractivity contribution in [2.45, 2.75) is 40.5 Å². The summed E-state index contributed by atoms with van der Waals surface area (Å²) in [5.74, 6) is 0.925. The van der Waals surface area contributed by atoms with E-state index in [9.17, 15) is 0 Å². The van der Waals surface area contributed by atoms with E-state index in [-0.39, 0.29) is 0 Å². The zero-order chi connectivity index (χ0) is 13.7. The monoisotopic (exact) mass is 237 g/mol. The number of hydrogen-bond donors (Lipinski definition) is 0. The van der Waals surface area contributed by atoms with E-state index in [0.717, 1.165) is 12.5 Å². The minimum atomic E-state index is 0.925. The Balaban J connectivity index is 0. The second-order valence-electron chi connectivity index (χ2n) is 4.03. The molecule has 0 amide bonds. The molecular weight excluding hydrogens is 206 g/mol. The number of nitrogens with zero attached hydrogens (tertiary/aromatic N) is 1. The Bertz CT molecular complexity index is 198. The molecule has 1 nitrogen and oxygen atoms in total. The molecule has 1 saturated heterocycles. The molecule has 1 rings (SSSR count). The maximum absolute atomic E-state index is 3.82. The van der Waals surface area contributed by atoms with Crippen LogP contribution in [-0.2, 0) is 0 Å². The summed E-state index contributed by atoms with van der Waals surface area (Å²) in [7, 11) is 0. The van der Waals surface area contributed by atoms with Gasteiger partial charge in [-0.2, -0.15) is 0 Å². The zero-order valence-electron chi connectivity index (χ0n) is 12.3. The predicted molar refractivity (Wildman–Crippen MR) is 81.4 cm³/mol. The van der Waals surface area contributed by atoms with Crippen LogP contribution >= 0.6 is 0 Å². The molecule has 0 aliphatic carbocycles. The smallest absolute Gasteiger partial charge is 0.0230 e. The van der Waals surface area contributed by atoms with Gasteiger partial charge in [0.1, 0.15) is 0 Å². The van der Waals surface area contributed by atoms with Gasteiger partial charge in [-0.25, -0.2) is 0 Å². The summed E-state index contributed by atoms with van der Waals surface area (Å²) in [6.45, 7) is 21.9. The Hall–Kier alpha value is -0.820. The second kappa shape index (κ2) is 13.2. The predicted octanol–water partition coefficient (Wildman–Crippen LogP) is 4.68. The second-order valence-corrected chi connectivity index (χ2v) is 4.03. The molecule has 1 fully saturated rings. The van der Waals surface area contributed by atoms with Crippen molar-refractivity contribution in [3.8, 4) is 0 Å². The van der Waals surface area contributed by atoms with Gasteiger partial charge < -0.3 is 0 Å². The van der Waals surface area contributed by atoms with Gasteiger partial charge in [-0.15, -0.1) is 13.2 Å². The van der Waals surface area contributed by atoms with Gasteiger partial charge in [0.15, 0.2) is 0 Å². The highest BCUT2D eigenvalue weighted by atomic mass is 15.1. The van der Waals surface area contributed by atoms with E-state index in [2.05, 4.69) is 44.6 Å². The van der Waals surface area contributed by atoms with Crippen LogP contribution in [0.5, 0.6) is 0 Å². The summed E-state index contributed by atoms with van der Waals surface area (Å²) in [6, 6.07) is 0. The van der Waals surface area contributed by atoms with Crippen LogP contribution in [0.2, 0.25) is 0 Å². The fourth-order valence-electron chi connectivity index (χ4n) is 1.75. The minimum absolute atomic E-state index is 0.925. The lowest BCUT2D eigenvalue weighted by molar-refractivity contribution is 0.207. The van der Waals surface area contributed by atoms with E-state index in [1.807, 2.05) is 19.9 Å². The zero-order valence-corrected chi connectivity index (χ0v) is 12.3. The van der Waals surface area contributed by atoms with Crippen molar-refractivity contribution >= 4 is 0 Å². The third-order valence-electron chi connectivity index (χ3n) is 2.92. The van der Waals surface area contributed by atoms with Crippen LogP contribution in [0.1, 0.15) is 40.5 Å². The van der Waals surface area contributed by atoms with E-state index in [1.165, 1.54) is 31.5 Å². The van der Waals surface area contributed by atoms with Crippen molar-refractivity contribution in [1.29, 1.82) is 0 Å². The van der Waals surface area contributed by atoms with Crippen LogP contribution < -0.4 is 0 Å². The van der Waals surface area contributed by atoms with Crippen molar-refractivity contribution in [2.24, 2.45) is 5.92 Å². The average Bonchev–Trinajstić information content (AvgIpc) is 2.42. The SMILES string of the molecule is C=C.C=C/C(=C\C)CN1CCC(C)CC1.CC. The standard InChI is InChI=1S/C12H21N.C2H6.C2H4/c1-4-12(5-2)10-13-8-6-11(3)7-9-13;2*1-2/h4-5,11H,1,6-10H2,2-3H3;1-2H3;1-2H2/b12-5+;;. The van der Waals surface area contributed by atoms with Gasteiger partial charge in [-0.3, -0.25) is 4.90 Å². The first-order valence-electron chi connectivity index (χ1n) is 6.76. The number of likely N-dealkylation sites (tertiary alicyclic amines) is 1. The fourth-order valence-corrected chi connectivity index (χ4v) is 1.75. The molecule has 17 heavy (non-hydrogen) atoms. The highest BCUT2D eigenvalue weighted by Crippen LogP contribution is 2.16. The van der Waals surface area contributed by atoms with Gasteiger partial charge in [-0.05, 0) is 44.3 Å². The Labute approximate surface area is 109 Å². The number of hydrogen-bond acceptors (Lipinski definition) is 1. The topological polar surface area (TPSA) is 3.24 Å². The van der Waals surface area contributed by atoms with Gasteiger partial charge in [-0.1, -0.05) is 39.5 Å². The molecule has 0 atom stereocenters. The number of allylic oxidation sites excluding steroid dienone is 1. The maximum atomic E-state index is 3.82. The van der Waals surface area contributed by atoms with E-state index in [4.69, 9.17) is 0 Å². The summed E-state index contributed by atoms with van der Waals surface area (Å²) in [5, 5.41) is 0. The van der Waals surface area contributed by atoms with Crippen LogP contribution in [0, 0.1) is 5.92 Å². The molecule has 0 bridgehead atoms. The number of piperidine rings is 1. The molecule has 100 valence electrons. The molecule has 1 heteroatoms. The average molecular weight is 237 g/mol. The molecule has 1 heterocycles. The third kappa shape index (κ3) is 8.93. The molecule has 0 saturated carbocycles. The maximum Gasteiger partial charge on any atom is 0.0230 e. The van der Waals surface area contributed by atoms with Gasteiger partial charge in [0.05, 0.1) is 0 Å². The number of rotatable bonds is 3. The van der Waals surface area contributed by atoms with E-state index >= 15 is 0 Å². The van der Waals surface area contributed by atoms with E-state index in [1.54, 1.807) is 0 Å². The van der Waals surface area contributed by atoms with Crippen molar-refractivity contribution < 1.29 is 0 Å². The van der Waals surface area contributed by atoms with Gasteiger partial charge in [0, 0.05) is 6.54 Å². The van der Waals surface area contributed by atoms with Gasteiger partial charge >= 0.3 is 0 Å². The van der Waals surface area contributed by atoms with Crippen LogP contribution in [0.25, 0.3) is 0 Å². The molecule has 0 N–H and O–H groups in total. The first-order chi connectivity index (χ1) is 8.26. The summed E-state index contributed by atoms with van der Waals surface area (Å²) < 4.78 is 0. The third-order valence-corrected chi connectivity index (χ3v) is 2.92. The Morgan fingerprint density at radius 1 is 1.24 bits per heavy atom. The molecule has 0 aromatic heterocycles. The van der Waals surface area contributed by atoms with Gasteiger partial charge in [0.2, 0.25) is 0 Å². The molecule has 1 aliphatic heterocycles. The lowest BCUT2D eigenvalue weighted by atomic mass is 9.99. The Morgan fingerprint density at radius 3 is 2.06 bits per heavy atom. The highest BCUT2D eigenvalue weighted by Gasteiger charge is 2.15. The van der Waals surface area contributed by atoms with Crippen LogP contribution in [0.15, 0.2) is 37.5 Å². The van der Waals surface area contributed by atoms with Gasteiger partial charge in [0.25, 0.3) is 0 Å². The summed E-state index contributed by atoms with van der Waals surface area (Å²) in [6.07, 6.45) is 6.84. The lowest BCUT2D eigenvalue weighted by Crippen LogP contribution is -2.34. The van der Waals surface area contributed by atoms with Crippen LogP contribution in [0.3, 0.4) is 0 Å². The van der Waals surface area contributed by atoms with E-state index < -0.39 is 0 Å². The summed E-state index contributed by atoms with van der Waals surface area (Å²) in [5.41, 5.74) is 1.36. The molecule has 0 radical (unpaired) electrons. The molecule has 1 aliphatic rings. The van der Waals surface area contributed by atoms with E-state index in [0.29, 0.717) is 0 Å². The normalized spacial score (nSPS) is 17.3. The first kappa shape index (κ1) is 18.5. The van der Waals surface area contributed by atoms with Crippen molar-refractivity contribution in [2.75, 3.05) is 19.6 Å². The van der Waals surface area contributed by atoms with Crippen molar-refractivity contribution in [1.82, 2.24) is 4.90 Å². The molecular formula is C16H31N. The van der Waals surface area contributed by atoms with Crippen molar-refractivity contribution in [3.05, 3.63) is 37.5 Å². The summed E-state index contributed by atoms with van der Waals surface area (Å²) in [4.78, 5) is 2.52. The highest BCUT2D eigenvalue weighted by molar-refractivity contribution is 5.16. The first-order valence-corrected chi connectivity index (χ1v) is 6.76. The summed E-state index contributed by atoms with van der Waals surface area (Å²) >= 11 is 0. The quantitative estimate of drug-likeness (QED) is 0.509. The fraction of sp³-hybridized carbons (Fsp3) is 0.625.